The maximum Gasteiger partial charge on any atom is 0.505 e. The molecule has 0 aromatic carbocycles. The van der Waals surface area contributed by atoms with E-state index in [1.165, 1.54) is 0 Å². The van der Waals surface area contributed by atoms with Crippen LogP contribution in [0.2, 0.25) is 0 Å². The van der Waals surface area contributed by atoms with Crippen molar-refractivity contribution in [3.05, 3.63) is 0 Å². The van der Waals surface area contributed by atoms with E-state index in [1.807, 2.05) is 0 Å². The third kappa shape index (κ3) is 8.28. The molecule has 0 atom stereocenters. The zero-order valence-corrected chi connectivity index (χ0v) is 8.00. The van der Waals surface area contributed by atoms with Crippen molar-refractivity contribution in [2.24, 2.45) is 11.5 Å². The van der Waals surface area contributed by atoms with Crippen molar-refractivity contribution < 1.29 is 18.7 Å². The molecule has 0 aliphatic heterocycles. The minimum atomic E-state index is -4.09. The van der Waals surface area contributed by atoms with E-state index in [1.54, 1.807) is 0 Å². The predicted octanol–water partition coefficient (Wildman–Crippen LogP) is -1.95. The molecule has 0 amide bonds. The second-order valence-corrected chi connectivity index (χ2v) is 3.32. The van der Waals surface area contributed by atoms with Crippen molar-refractivity contribution in [1.29, 1.82) is 0 Å². The highest BCUT2D eigenvalue weighted by Gasteiger charge is 2.21. The second kappa shape index (κ2) is 7.36. The van der Waals surface area contributed by atoms with Gasteiger partial charge in [0.15, 0.2) is 0 Å². The number of nitrogens with two attached hydrogens (primary N) is 2. The minimum Gasteiger partial charge on any atom is -0.329 e. The number of hydrogen-bond acceptors (Lipinski definition) is 7. The monoisotopic (exact) mass is 214 g/mol. The van der Waals surface area contributed by atoms with Crippen LogP contribution in [0.15, 0.2) is 0 Å². The zero-order chi connectivity index (χ0) is 10.2. The van der Waals surface area contributed by atoms with Crippen molar-refractivity contribution in [3.8, 4) is 0 Å². The molecule has 0 saturated heterocycles. The molecule has 13 heavy (non-hydrogen) atoms. The van der Waals surface area contributed by atoms with E-state index in [-0.39, 0.29) is 26.2 Å². The van der Waals surface area contributed by atoms with E-state index in [2.05, 4.69) is 20.2 Å². The second-order valence-electron chi connectivity index (χ2n) is 2.02. The first kappa shape index (κ1) is 12.9. The van der Waals surface area contributed by atoms with Crippen LogP contribution in [-0.2, 0) is 13.8 Å². The van der Waals surface area contributed by atoms with Gasteiger partial charge in [-0.05, 0) is 0 Å². The predicted molar refractivity (Wildman–Crippen MR) is 46.1 cm³/mol. The van der Waals surface area contributed by atoms with Crippen LogP contribution in [0.3, 0.4) is 0 Å². The molecule has 0 bridgehead atoms. The van der Waals surface area contributed by atoms with Gasteiger partial charge in [0.1, 0.15) is 0 Å². The topological polar surface area (TPSA) is 132 Å². The lowest BCUT2D eigenvalue weighted by atomic mass is 10.7. The lowest BCUT2D eigenvalue weighted by molar-refractivity contribution is 0.0641. The maximum atomic E-state index is 10.9. The Balaban J connectivity index is 3.49. The van der Waals surface area contributed by atoms with Crippen LogP contribution < -0.4 is 22.4 Å². The van der Waals surface area contributed by atoms with Gasteiger partial charge >= 0.3 is 7.82 Å². The van der Waals surface area contributed by atoms with Crippen molar-refractivity contribution in [2.75, 3.05) is 26.2 Å². The molecule has 0 fully saturated rings. The normalized spacial score (nSPS) is 11.9. The largest absolute Gasteiger partial charge is 0.505 e. The molecule has 0 aromatic rings. The highest BCUT2D eigenvalue weighted by molar-refractivity contribution is 7.47. The smallest absolute Gasteiger partial charge is 0.329 e. The van der Waals surface area contributed by atoms with E-state index in [0.717, 1.165) is 0 Å². The highest BCUT2D eigenvalue weighted by Crippen LogP contribution is 2.40. The van der Waals surface area contributed by atoms with Gasteiger partial charge in [-0.3, -0.25) is 0 Å². The first-order chi connectivity index (χ1) is 6.12. The molecular formula is C4H15N4O4P. The van der Waals surface area contributed by atoms with Gasteiger partial charge in [0.25, 0.3) is 0 Å². The molecule has 7 N–H and O–H groups in total. The molecule has 0 radical (unpaired) electrons. The molecule has 0 spiro atoms. The first-order valence-electron chi connectivity index (χ1n) is 3.68. The number of hydroxylamine groups is 2. The summed E-state index contributed by atoms with van der Waals surface area (Å²) in [5, 5.41) is 0. The highest BCUT2D eigenvalue weighted by atomic mass is 31.2. The minimum absolute atomic E-state index is 0.255. The molecule has 0 rings (SSSR count). The number of nitrogens with one attached hydrogen (secondary N) is 2. The van der Waals surface area contributed by atoms with Gasteiger partial charge in [-0.15, -0.1) is 0 Å². The Labute approximate surface area is 76.1 Å². The fraction of sp³-hybridized carbons (Fsp3) is 1.00. The molecular weight excluding hydrogens is 199 g/mol. The van der Waals surface area contributed by atoms with Crippen LogP contribution in [0, 0.1) is 0 Å². The van der Waals surface area contributed by atoms with Gasteiger partial charge in [-0.25, -0.2) is 4.57 Å². The number of phosphoric acid groups is 1. The van der Waals surface area contributed by atoms with Crippen LogP contribution in [0.4, 0.5) is 0 Å². The summed E-state index contributed by atoms with van der Waals surface area (Å²) < 4.78 is 19.4. The summed E-state index contributed by atoms with van der Waals surface area (Å²) in [4.78, 5) is 8.87. The molecule has 0 aliphatic carbocycles. The molecule has 9 heteroatoms. The van der Waals surface area contributed by atoms with Gasteiger partial charge < -0.3 is 16.4 Å². The Morgan fingerprint density at radius 3 is 1.85 bits per heavy atom. The van der Waals surface area contributed by atoms with Crippen LogP contribution >= 0.6 is 7.82 Å². The zero-order valence-electron chi connectivity index (χ0n) is 7.10. The fourth-order valence-corrected chi connectivity index (χ4v) is 0.937. The van der Waals surface area contributed by atoms with Crippen molar-refractivity contribution in [3.63, 3.8) is 0 Å². The lowest BCUT2D eigenvalue weighted by Crippen LogP contribution is -2.25. The van der Waals surface area contributed by atoms with Gasteiger partial charge in [0.2, 0.25) is 0 Å². The molecule has 8 nitrogen and oxygen atoms in total. The Bertz CT molecular complexity index is 154. The van der Waals surface area contributed by atoms with Crippen LogP contribution in [-0.4, -0.2) is 31.1 Å². The summed E-state index contributed by atoms with van der Waals surface area (Å²) in [6.45, 7) is 1.09. The number of rotatable bonds is 8. The SMILES string of the molecule is NCCNOP(=O)(O)ONCCN. The standard InChI is InChI=1S/C4H15N4O4P/c5-1-3-7-11-13(9,10)12-8-4-2-6/h7-8H,1-6H2,(H,9,10). The fourth-order valence-electron chi connectivity index (χ4n) is 0.391. The Hall–Kier alpha value is -0.0500. The van der Waals surface area contributed by atoms with E-state index >= 15 is 0 Å². The van der Waals surface area contributed by atoms with Crippen molar-refractivity contribution in [1.82, 2.24) is 11.0 Å². The van der Waals surface area contributed by atoms with E-state index in [4.69, 9.17) is 16.4 Å². The summed E-state index contributed by atoms with van der Waals surface area (Å²) >= 11 is 0. The summed E-state index contributed by atoms with van der Waals surface area (Å²) in [6, 6.07) is 0. The average molecular weight is 214 g/mol. The summed E-state index contributed by atoms with van der Waals surface area (Å²) in [5.41, 5.74) is 14.5. The molecule has 0 unspecified atom stereocenters. The molecule has 0 heterocycles. The molecule has 0 aliphatic rings. The Morgan fingerprint density at radius 1 is 1.15 bits per heavy atom. The third-order valence-corrected chi connectivity index (χ3v) is 1.57. The van der Waals surface area contributed by atoms with Gasteiger partial charge in [-0.2, -0.15) is 20.2 Å². The molecule has 80 valence electrons. The third-order valence-electron chi connectivity index (χ3n) is 0.853. The summed E-state index contributed by atoms with van der Waals surface area (Å²) in [7, 11) is -4.09. The number of hydrogen-bond donors (Lipinski definition) is 5. The van der Waals surface area contributed by atoms with Gasteiger partial charge in [0, 0.05) is 26.2 Å². The van der Waals surface area contributed by atoms with Gasteiger partial charge in [-0.1, -0.05) is 0 Å². The quantitative estimate of drug-likeness (QED) is 0.179. The maximum absolute atomic E-state index is 10.9. The Kier molecular flexibility index (Phi) is 7.33. The molecule has 0 aromatic heterocycles. The summed E-state index contributed by atoms with van der Waals surface area (Å²) in [6.07, 6.45) is 0. The van der Waals surface area contributed by atoms with Crippen molar-refractivity contribution >= 4 is 7.82 Å². The summed E-state index contributed by atoms with van der Waals surface area (Å²) in [5.74, 6) is 0. The van der Waals surface area contributed by atoms with E-state index in [9.17, 15) is 4.57 Å². The van der Waals surface area contributed by atoms with Crippen LogP contribution in [0.25, 0.3) is 0 Å². The molecule has 0 saturated carbocycles. The van der Waals surface area contributed by atoms with Crippen LogP contribution in [0.5, 0.6) is 0 Å². The Morgan fingerprint density at radius 2 is 1.54 bits per heavy atom. The van der Waals surface area contributed by atoms with E-state index < -0.39 is 7.82 Å². The van der Waals surface area contributed by atoms with Gasteiger partial charge in [0.05, 0.1) is 0 Å². The average Bonchev–Trinajstić information content (AvgIpc) is 2.05. The van der Waals surface area contributed by atoms with Crippen LogP contribution in [0.1, 0.15) is 0 Å². The van der Waals surface area contributed by atoms with Crippen molar-refractivity contribution in [2.45, 2.75) is 0 Å². The van der Waals surface area contributed by atoms with E-state index in [0.29, 0.717) is 0 Å². The lowest BCUT2D eigenvalue weighted by Gasteiger charge is -2.11. The first-order valence-corrected chi connectivity index (χ1v) is 5.18.